The van der Waals surface area contributed by atoms with Crippen LogP contribution in [0, 0.1) is 11.8 Å². The van der Waals surface area contributed by atoms with Gasteiger partial charge in [0.05, 0.1) is 30.6 Å². The smallest absolute Gasteiger partial charge is 0.310 e. The first-order valence-corrected chi connectivity index (χ1v) is 12.8. The number of rotatable bonds is 9. The van der Waals surface area contributed by atoms with E-state index in [1.54, 1.807) is 30.3 Å². The summed E-state index contributed by atoms with van der Waals surface area (Å²) in [5.74, 6) is -4.02. The van der Waals surface area contributed by atoms with Crippen molar-refractivity contribution < 1.29 is 29.3 Å². The van der Waals surface area contributed by atoms with Crippen molar-refractivity contribution >= 4 is 35.1 Å². The van der Waals surface area contributed by atoms with E-state index in [-0.39, 0.29) is 6.54 Å². The molecule has 3 aliphatic heterocycles. The number of aliphatic carboxylic acids is 1. The van der Waals surface area contributed by atoms with Crippen LogP contribution in [0.3, 0.4) is 0 Å². The maximum atomic E-state index is 14.4. The highest BCUT2D eigenvalue weighted by atomic mass is 35.5. The first kappa shape index (κ1) is 25.4. The number of benzene rings is 2. The van der Waals surface area contributed by atoms with Crippen LogP contribution in [0.1, 0.15) is 18.4 Å². The predicted octanol–water partition coefficient (Wildman–Crippen LogP) is 2.92. The van der Waals surface area contributed by atoms with Gasteiger partial charge in [0.1, 0.15) is 11.6 Å². The Balaban J connectivity index is 1.60. The van der Waals surface area contributed by atoms with Gasteiger partial charge in [-0.1, -0.05) is 48.0 Å². The van der Waals surface area contributed by atoms with Crippen LogP contribution >= 0.6 is 11.6 Å². The van der Waals surface area contributed by atoms with E-state index in [9.17, 15) is 24.6 Å². The molecule has 3 saturated heterocycles. The van der Waals surface area contributed by atoms with Gasteiger partial charge >= 0.3 is 5.97 Å². The SMILES string of the molecule is C=CCN(C(=O)C1N([C@@H](CO)Cc2ccccc2)C(=O)[C@@H]2[C@H](C(=O)O)[C@@H]3CCC12O3)c1ccc(Cl)cc1. The Morgan fingerprint density at radius 3 is 2.54 bits per heavy atom. The molecular formula is C28H29ClN2O6. The Kier molecular flexibility index (Phi) is 6.83. The molecule has 2 N–H and O–H groups in total. The average molecular weight is 525 g/mol. The largest absolute Gasteiger partial charge is 0.481 e. The number of ether oxygens (including phenoxy) is 1. The first-order chi connectivity index (χ1) is 17.8. The highest BCUT2D eigenvalue weighted by molar-refractivity contribution is 6.30. The molecule has 0 saturated carbocycles. The molecule has 2 amide bonds. The molecule has 5 rings (SSSR count). The summed E-state index contributed by atoms with van der Waals surface area (Å²) in [6, 6.07) is 14.3. The van der Waals surface area contributed by atoms with Gasteiger partial charge in [-0.15, -0.1) is 6.58 Å². The van der Waals surface area contributed by atoms with Crippen LogP contribution in [0.2, 0.25) is 5.02 Å². The van der Waals surface area contributed by atoms with E-state index in [1.165, 1.54) is 9.80 Å². The van der Waals surface area contributed by atoms with Crippen LogP contribution in [0.15, 0.2) is 67.3 Å². The van der Waals surface area contributed by atoms with Crippen molar-refractivity contribution in [3.8, 4) is 0 Å². The third-order valence-corrected chi connectivity index (χ3v) is 8.14. The summed E-state index contributed by atoms with van der Waals surface area (Å²) in [5, 5.41) is 21.0. The summed E-state index contributed by atoms with van der Waals surface area (Å²) in [5.41, 5.74) is 0.168. The Labute approximate surface area is 220 Å². The molecule has 9 heteroatoms. The molecule has 3 heterocycles. The number of anilines is 1. The second-order valence-electron chi connectivity index (χ2n) is 9.88. The normalized spacial score (nSPS) is 28.7. The zero-order valence-corrected chi connectivity index (χ0v) is 21.0. The number of hydrogen-bond acceptors (Lipinski definition) is 5. The fourth-order valence-corrected chi connectivity index (χ4v) is 6.53. The van der Waals surface area contributed by atoms with Crippen LogP contribution in [0.4, 0.5) is 5.69 Å². The number of aliphatic hydroxyl groups is 1. The maximum absolute atomic E-state index is 14.4. The van der Waals surface area contributed by atoms with Gasteiger partial charge in [0.2, 0.25) is 5.91 Å². The number of likely N-dealkylation sites (tertiary alicyclic amines) is 1. The number of carboxylic acid groups (broad SMARTS) is 1. The molecule has 0 radical (unpaired) electrons. The Morgan fingerprint density at radius 2 is 1.92 bits per heavy atom. The molecule has 6 atom stereocenters. The first-order valence-electron chi connectivity index (χ1n) is 12.4. The number of carboxylic acids is 1. The average Bonchev–Trinajstić information content (AvgIpc) is 3.54. The number of carbonyl (C=O) groups excluding carboxylic acids is 2. The molecule has 2 bridgehead atoms. The zero-order chi connectivity index (χ0) is 26.3. The Bertz CT molecular complexity index is 1200. The molecule has 2 aromatic rings. The third kappa shape index (κ3) is 4.13. The lowest BCUT2D eigenvalue weighted by molar-refractivity contribution is -0.151. The molecule has 3 fully saturated rings. The number of halogens is 1. The molecule has 2 unspecified atom stereocenters. The van der Waals surface area contributed by atoms with E-state index < -0.39 is 60.0 Å². The van der Waals surface area contributed by atoms with Crippen molar-refractivity contribution in [1.29, 1.82) is 0 Å². The summed E-state index contributed by atoms with van der Waals surface area (Å²) in [7, 11) is 0. The van der Waals surface area contributed by atoms with Gasteiger partial charge in [-0.25, -0.2) is 0 Å². The van der Waals surface area contributed by atoms with Gasteiger partial charge in [0.15, 0.2) is 0 Å². The van der Waals surface area contributed by atoms with Crippen molar-refractivity contribution in [2.45, 2.75) is 43.1 Å². The highest BCUT2D eigenvalue weighted by Gasteiger charge is 2.75. The molecule has 194 valence electrons. The summed E-state index contributed by atoms with van der Waals surface area (Å²) >= 11 is 6.07. The van der Waals surface area contributed by atoms with Gasteiger partial charge in [0.25, 0.3) is 5.91 Å². The molecule has 3 aliphatic rings. The van der Waals surface area contributed by atoms with Crippen LogP contribution < -0.4 is 4.90 Å². The number of amides is 2. The minimum absolute atomic E-state index is 0.161. The van der Waals surface area contributed by atoms with E-state index >= 15 is 0 Å². The lowest BCUT2D eigenvalue weighted by Gasteiger charge is -2.39. The van der Waals surface area contributed by atoms with Crippen LogP contribution in [-0.4, -0.2) is 69.8 Å². The summed E-state index contributed by atoms with van der Waals surface area (Å²) in [6.07, 6.45) is 2.09. The lowest BCUT2D eigenvalue weighted by Crippen LogP contribution is -2.59. The quantitative estimate of drug-likeness (QED) is 0.488. The van der Waals surface area contributed by atoms with Crippen molar-refractivity contribution in [3.05, 3.63) is 77.8 Å². The van der Waals surface area contributed by atoms with E-state index in [1.807, 2.05) is 30.3 Å². The van der Waals surface area contributed by atoms with Gasteiger partial charge in [-0.3, -0.25) is 14.4 Å². The second kappa shape index (κ2) is 9.93. The molecular weight excluding hydrogens is 496 g/mol. The third-order valence-electron chi connectivity index (χ3n) is 7.89. The zero-order valence-electron chi connectivity index (χ0n) is 20.2. The van der Waals surface area contributed by atoms with E-state index in [2.05, 4.69) is 6.58 Å². The maximum Gasteiger partial charge on any atom is 0.310 e. The molecule has 37 heavy (non-hydrogen) atoms. The van der Waals surface area contributed by atoms with Gasteiger partial charge < -0.3 is 24.7 Å². The Morgan fingerprint density at radius 1 is 1.22 bits per heavy atom. The lowest BCUT2D eigenvalue weighted by atomic mass is 9.70. The second-order valence-corrected chi connectivity index (χ2v) is 10.3. The van der Waals surface area contributed by atoms with Gasteiger partial charge in [-0.05, 0) is 49.1 Å². The van der Waals surface area contributed by atoms with E-state index in [0.717, 1.165) is 5.56 Å². The molecule has 1 spiro atoms. The number of hydrogen-bond donors (Lipinski definition) is 2. The number of nitrogens with zero attached hydrogens (tertiary/aromatic N) is 2. The topological polar surface area (TPSA) is 107 Å². The fourth-order valence-electron chi connectivity index (χ4n) is 6.40. The van der Waals surface area contributed by atoms with Gasteiger partial charge in [0, 0.05) is 17.3 Å². The van der Waals surface area contributed by atoms with Crippen LogP contribution in [0.5, 0.6) is 0 Å². The minimum atomic E-state index is -1.28. The highest BCUT2D eigenvalue weighted by Crippen LogP contribution is 2.59. The standard InChI is InChI=1S/C28H29ClN2O6/c1-2-14-30(19-10-8-18(29)9-11-19)26(34)24-28-13-12-21(37-28)22(27(35)36)23(28)25(33)31(24)20(16-32)15-17-6-4-3-5-7-17/h2-11,20-24,32H,1,12-16H2,(H,35,36)/t20-,21+,22-,23+,24?,28?/m1/s1. The van der Waals surface area contributed by atoms with Crippen LogP contribution in [-0.2, 0) is 25.5 Å². The fraction of sp³-hybridized carbons (Fsp3) is 0.393. The Hall–Kier alpha value is -3.20. The molecule has 0 aromatic heterocycles. The van der Waals surface area contributed by atoms with Gasteiger partial charge in [-0.2, -0.15) is 0 Å². The minimum Gasteiger partial charge on any atom is -0.481 e. The van der Waals surface area contributed by atoms with E-state index in [4.69, 9.17) is 16.3 Å². The summed E-state index contributed by atoms with van der Waals surface area (Å²) in [6.45, 7) is 3.56. The number of carbonyl (C=O) groups is 3. The van der Waals surface area contributed by atoms with Crippen molar-refractivity contribution in [1.82, 2.24) is 4.90 Å². The molecule has 2 aromatic carbocycles. The van der Waals surface area contributed by atoms with Crippen molar-refractivity contribution in [2.75, 3.05) is 18.1 Å². The van der Waals surface area contributed by atoms with E-state index in [0.29, 0.717) is 30.0 Å². The monoisotopic (exact) mass is 524 g/mol. The number of fused-ring (bicyclic) bond motifs is 1. The van der Waals surface area contributed by atoms with Crippen molar-refractivity contribution in [3.63, 3.8) is 0 Å². The van der Waals surface area contributed by atoms with Crippen LogP contribution in [0.25, 0.3) is 0 Å². The molecule has 8 nitrogen and oxygen atoms in total. The molecule has 0 aliphatic carbocycles. The number of aliphatic hydroxyl groups excluding tert-OH is 1. The van der Waals surface area contributed by atoms with Crippen molar-refractivity contribution in [2.24, 2.45) is 11.8 Å². The summed E-state index contributed by atoms with van der Waals surface area (Å²) in [4.78, 5) is 43.6. The summed E-state index contributed by atoms with van der Waals surface area (Å²) < 4.78 is 6.30. The predicted molar refractivity (Wildman–Crippen MR) is 137 cm³/mol.